The van der Waals surface area contributed by atoms with Crippen molar-refractivity contribution in [1.29, 1.82) is 0 Å². The van der Waals surface area contributed by atoms with Crippen LogP contribution in [0.1, 0.15) is 29.7 Å². The van der Waals surface area contributed by atoms with Gasteiger partial charge in [-0.25, -0.2) is 4.98 Å². The van der Waals surface area contributed by atoms with Gasteiger partial charge in [-0.05, 0) is 43.7 Å². The highest BCUT2D eigenvalue weighted by Crippen LogP contribution is 2.33. The minimum absolute atomic E-state index is 0.128. The average molecular weight is 312 g/mol. The summed E-state index contributed by atoms with van der Waals surface area (Å²) in [5.41, 5.74) is 4.45. The minimum Gasteiger partial charge on any atom is -0.297 e. The van der Waals surface area contributed by atoms with E-state index in [1.54, 1.807) is 0 Å². The second-order valence-electron chi connectivity index (χ2n) is 6.42. The molecule has 24 heavy (non-hydrogen) atoms. The van der Waals surface area contributed by atoms with Gasteiger partial charge in [-0.2, -0.15) is 0 Å². The molecule has 0 saturated carbocycles. The van der Waals surface area contributed by atoms with Crippen LogP contribution in [-0.4, -0.2) is 9.55 Å². The molecule has 0 bridgehead atoms. The molecule has 1 heterocycles. The van der Waals surface area contributed by atoms with Crippen LogP contribution in [0.15, 0.2) is 72.8 Å². The van der Waals surface area contributed by atoms with Crippen molar-refractivity contribution >= 4 is 12.2 Å². The molecule has 0 fully saturated rings. The molecule has 4 rings (SSSR count). The summed E-state index contributed by atoms with van der Waals surface area (Å²) in [6.07, 6.45) is 8.86. The van der Waals surface area contributed by atoms with E-state index in [0.29, 0.717) is 0 Å². The third-order valence-electron chi connectivity index (χ3n) is 4.69. The molecule has 0 radical (unpaired) electrons. The molecule has 0 aliphatic heterocycles. The van der Waals surface area contributed by atoms with Crippen LogP contribution in [0.4, 0.5) is 0 Å². The first-order valence-electron chi connectivity index (χ1n) is 8.26. The summed E-state index contributed by atoms with van der Waals surface area (Å²) in [6, 6.07) is 21.0. The second kappa shape index (κ2) is 5.64. The van der Waals surface area contributed by atoms with Crippen LogP contribution in [0.2, 0.25) is 0 Å². The smallest absolute Gasteiger partial charge is 0.111 e. The van der Waals surface area contributed by atoms with Crippen molar-refractivity contribution in [2.45, 2.75) is 19.3 Å². The predicted octanol–water partition coefficient (Wildman–Crippen LogP) is 5.18. The number of rotatable bonds is 2. The van der Waals surface area contributed by atoms with E-state index in [-0.39, 0.29) is 5.41 Å². The zero-order valence-corrected chi connectivity index (χ0v) is 14.0. The quantitative estimate of drug-likeness (QED) is 0.637. The third kappa shape index (κ3) is 2.41. The Morgan fingerprint density at radius 1 is 0.833 bits per heavy atom. The fourth-order valence-electron chi connectivity index (χ4n) is 3.31. The summed E-state index contributed by atoms with van der Waals surface area (Å²) in [4.78, 5) is 4.77. The Labute approximate surface area is 142 Å². The molecule has 118 valence electrons. The molecule has 1 unspecified atom stereocenters. The molecule has 2 heteroatoms. The summed E-state index contributed by atoms with van der Waals surface area (Å²) in [6.45, 7) is 4.29. The van der Waals surface area contributed by atoms with E-state index in [9.17, 15) is 0 Å². The van der Waals surface area contributed by atoms with Gasteiger partial charge >= 0.3 is 0 Å². The van der Waals surface area contributed by atoms with Crippen LogP contribution in [0.5, 0.6) is 0 Å². The Morgan fingerprint density at radius 2 is 1.46 bits per heavy atom. The molecule has 0 saturated heterocycles. The fraction of sp³-hybridized carbons (Fsp3) is 0.136. The van der Waals surface area contributed by atoms with Gasteiger partial charge in [0.2, 0.25) is 0 Å². The first-order chi connectivity index (χ1) is 11.7. The maximum absolute atomic E-state index is 4.77. The van der Waals surface area contributed by atoms with Gasteiger partial charge in [0.15, 0.2) is 0 Å². The Balaban J connectivity index is 1.84. The van der Waals surface area contributed by atoms with Gasteiger partial charge in [-0.15, -0.1) is 0 Å². The van der Waals surface area contributed by atoms with E-state index in [2.05, 4.69) is 97.3 Å². The Hall–Kier alpha value is -2.87. The van der Waals surface area contributed by atoms with Crippen molar-refractivity contribution < 1.29 is 0 Å². The lowest BCUT2D eigenvalue weighted by molar-refractivity contribution is 0.766. The molecule has 3 aromatic rings. The van der Waals surface area contributed by atoms with Crippen LogP contribution in [-0.2, 0) is 5.41 Å². The van der Waals surface area contributed by atoms with Gasteiger partial charge in [-0.1, -0.05) is 60.7 Å². The monoisotopic (exact) mass is 312 g/mol. The highest BCUT2D eigenvalue weighted by atomic mass is 15.1. The first-order valence-corrected chi connectivity index (χ1v) is 8.26. The van der Waals surface area contributed by atoms with Crippen LogP contribution in [0.3, 0.4) is 0 Å². The molecular formula is C22H20N2. The number of benzene rings is 2. The highest BCUT2D eigenvalue weighted by Gasteiger charge is 2.24. The lowest BCUT2D eigenvalue weighted by Crippen LogP contribution is -2.14. The van der Waals surface area contributed by atoms with E-state index >= 15 is 0 Å². The van der Waals surface area contributed by atoms with Gasteiger partial charge in [-0.3, -0.25) is 4.57 Å². The van der Waals surface area contributed by atoms with Crippen molar-refractivity contribution in [2.24, 2.45) is 0 Å². The minimum atomic E-state index is -0.128. The maximum atomic E-state index is 4.77. The number of aromatic nitrogens is 2. The predicted molar refractivity (Wildman–Crippen MR) is 100 cm³/mol. The molecule has 0 N–H and O–H groups in total. The molecule has 2 nitrogen and oxygen atoms in total. The summed E-state index contributed by atoms with van der Waals surface area (Å²) in [5.74, 6) is 1.00. The van der Waals surface area contributed by atoms with Crippen molar-refractivity contribution in [3.8, 4) is 5.69 Å². The lowest BCUT2D eigenvalue weighted by atomic mass is 9.82. The first kappa shape index (κ1) is 14.7. The van der Waals surface area contributed by atoms with Crippen LogP contribution in [0, 0.1) is 6.92 Å². The zero-order valence-electron chi connectivity index (χ0n) is 14.0. The van der Waals surface area contributed by atoms with Crippen molar-refractivity contribution in [2.75, 3.05) is 0 Å². The molecule has 1 aliphatic carbocycles. The van der Waals surface area contributed by atoms with Gasteiger partial charge in [0, 0.05) is 11.1 Å². The normalized spacial score (nSPS) is 19.1. The number of para-hydroxylation sites is 1. The van der Waals surface area contributed by atoms with Crippen LogP contribution >= 0.6 is 0 Å². The molecule has 0 spiro atoms. The number of aryl methyl sites for hydroxylation is 1. The van der Waals surface area contributed by atoms with Gasteiger partial charge in [0.05, 0.1) is 11.4 Å². The number of fused-ring (bicyclic) bond motifs is 1. The van der Waals surface area contributed by atoms with Crippen LogP contribution < -0.4 is 0 Å². The molecule has 0 amide bonds. The summed E-state index contributed by atoms with van der Waals surface area (Å²) >= 11 is 0. The van der Waals surface area contributed by atoms with E-state index in [0.717, 1.165) is 22.9 Å². The standard InChI is InChI=1S/C22H20N2/c1-17-23-20-13-15-22(2,18-9-5-3-6-10-18)16-14-21(20)24(17)19-11-7-4-8-12-19/h3-16H,1-2H3. The topological polar surface area (TPSA) is 17.8 Å². The van der Waals surface area contributed by atoms with Crippen molar-refractivity contribution in [3.05, 3.63) is 95.6 Å². The highest BCUT2D eigenvalue weighted by molar-refractivity contribution is 5.68. The lowest BCUT2D eigenvalue weighted by Gasteiger charge is -2.22. The van der Waals surface area contributed by atoms with E-state index < -0.39 is 0 Å². The van der Waals surface area contributed by atoms with E-state index in [1.807, 2.05) is 6.07 Å². The molecule has 2 aromatic carbocycles. The SMILES string of the molecule is Cc1nc2c(n1-c1ccccc1)C=CC(C)(c1ccccc1)C=C2. The fourth-order valence-corrected chi connectivity index (χ4v) is 3.31. The number of imidazole rings is 1. The summed E-state index contributed by atoms with van der Waals surface area (Å²) in [7, 11) is 0. The second-order valence-corrected chi connectivity index (χ2v) is 6.42. The average Bonchev–Trinajstić information content (AvgIpc) is 2.85. The largest absolute Gasteiger partial charge is 0.297 e. The van der Waals surface area contributed by atoms with E-state index in [1.165, 1.54) is 5.56 Å². The number of hydrogen-bond donors (Lipinski definition) is 0. The number of hydrogen-bond acceptors (Lipinski definition) is 1. The van der Waals surface area contributed by atoms with Gasteiger partial charge in [0.1, 0.15) is 5.82 Å². The molecule has 1 atom stereocenters. The molecular weight excluding hydrogens is 292 g/mol. The Bertz CT molecular complexity index is 917. The Morgan fingerprint density at radius 3 is 2.17 bits per heavy atom. The van der Waals surface area contributed by atoms with Crippen LogP contribution in [0.25, 0.3) is 17.8 Å². The third-order valence-corrected chi connectivity index (χ3v) is 4.69. The van der Waals surface area contributed by atoms with Gasteiger partial charge in [0.25, 0.3) is 0 Å². The van der Waals surface area contributed by atoms with Gasteiger partial charge < -0.3 is 0 Å². The van der Waals surface area contributed by atoms with Crippen molar-refractivity contribution in [3.63, 3.8) is 0 Å². The summed E-state index contributed by atoms with van der Waals surface area (Å²) in [5, 5.41) is 0. The zero-order chi connectivity index (χ0) is 16.6. The summed E-state index contributed by atoms with van der Waals surface area (Å²) < 4.78 is 2.22. The number of allylic oxidation sites excluding steroid dienone is 2. The van der Waals surface area contributed by atoms with E-state index in [4.69, 9.17) is 4.98 Å². The Kier molecular flexibility index (Phi) is 3.46. The van der Waals surface area contributed by atoms with Crippen molar-refractivity contribution in [1.82, 2.24) is 9.55 Å². The maximum Gasteiger partial charge on any atom is 0.111 e. The molecule has 1 aliphatic rings. The number of nitrogens with zero attached hydrogens (tertiary/aromatic N) is 2. The molecule has 1 aromatic heterocycles.